The minimum atomic E-state index is -3.20. The van der Waals surface area contributed by atoms with Crippen molar-refractivity contribution in [2.75, 3.05) is 18.4 Å². The van der Waals surface area contributed by atoms with Gasteiger partial charge >= 0.3 is 0 Å². The summed E-state index contributed by atoms with van der Waals surface area (Å²) < 4.78 is 25.8. The second-order valence-electron chi connectivity index (χ2n) is 8.01. The highest BCUT2D eigenvalue weighted by Gasteiger charge is 2.27. The fourth-order valence-corrected chi connectivity index (χ4v) is 3.45. The topological polar surface area (TPSA) is 58.2 Å². The lowest BCUT2D eigenvalue weighted by atomic mass is 10.1. The molecule has 0 saturated heterocycles. The maximum absolute atomic E-state index is 11.9. The van der Waals surface area contributed by atoms with Crippen LogP contribution in [0, 0.1) is 0 Å². The van der Waals surface area contributed by atoms with E-state index in [0.29, 0.717) is 6.54 Å². The van der Waals surface area contributed by atoms with Gasteiger partial charge in [0.15, 0.2) is 0 Å². The first-order chi connectivity index (χ1) is 12.3. The van der Waals surface area contributed by atoms with Gasteiger partial charge in [0.2, 0.25) is 10.0 Å². The Labute approximate surface area is 161 Å². The summed E-state index contributed by atoms with van der Waals surface area (Å²) in [5.74, 6) is 0. The third-order valence-corrected chi connectivity index (χ3v) is 6.75. The minimum absolute atomic E-state index is 0.544. The van der Waals surface area contributed by atoms with Crippen LogP contribution in [0.1, 0.15) is 78.2 Å². The van der Waals surface area contributed by atoms with E-state index >= 15 is 0 Å². The average molecular weight is 383 g/mol. The second kappa shape index (κ2) is 11.6. The van der Waals surface area contributed by atoms with Gasteiger partial charge in [-0.2, -0.15) is 0 Å². The molecule has 1 aromatic carbocycles. The molecule has 0 aromatic heterocycles. The molecule has 0 spiro atoms. The van der Waals surface area contributed by atoms with Gasteiger partial charge in [0.05, 0.1) is 4.75 Å². The van der Waals surface area contributed by atoms with E-state index in [1.807, 2.05) is 0 Å². The number of hydrogen-bond donors (Lipinski definition) is 2. The monoisotopic (exact) mass is 382 g/mol. The summed E-state index contributed by atoms with van der Waals surface area (Å²) in [6.45, 7) is 8.93. The van der Waals surface area contributed by atoms with Crippen molar-refractivity contribution < 1.29 is 8.42 Å². The summed E-state index contributed by atoms with van der Waals surface area (Å²) in [5.41, 5.74) is 2.61. The third-order valence-electron chi connectivity index (χ3n) is 4.55. The standard InChI is InChI=1S/C21H38N2O2S/c1-5-6-12-19-13-15-20(16-14-19)22-17-10-8-7-9-11-18-23-26(24,25)21(2,3)4/h13-16,22-23H,5-12,17-18H2,1-4H3. The van der Waals surface area contributed by atoms with E-state index in [9.17, 15) is 8.42 Å². The molecule has 0 aliphatic carbocycles. The van der Waals surface area contributed by atoms with Crippen molar-refractivity contribution in [2.45, 2.75) is 83.8 Å². The lowest BCUT2D eigenvalue weighted by Gasteiger charge is -2.19. The van der Waals surface area contributed by atoms with Crippen LogP contribution >= 0.6 is 0 Å². The van der Waals surface area contributed by atoms with Crippen molar-refractivity contribution in [1.82, 2.24) is 4.72 Å². The van der Waals surface area contributed by atoms with Crippen molar-refractivity contribution >= 4 is 15.7 Å². The Morgan fingerprint density at radius 2 is 1.42 bits per heavy atom. The largest absolute Gasteiger partial charge is 0.385 e. The van der Waals surface area contributed by atoms with Crippen molar-refractivity contribution in [3.8, 4) is 0 Å². The van der Waals surface area contributed by atoms with Crippen molar-refractivity contribution in [1.29, 1.82) is 0 Å². The van der Waals surface area contributed by atoms with E-state index in [1.165, 1.54) is 36.9 Å². The highest BCUT2D eigenvalue weighted by atomic mass is 32.2. The van der Waals surface area contributed by atoms with E-state index in [2.05, 4.69) is 41.2 Å². The zero-order valence-electron chi connectivity index (χ0n) is 17.1. The second-order valence-corrected chi connectivity index (χ2v) is 10.5. The highest BCUT2D eigenvalue weighted by molar-refractivity contribution is 7.90. The van der Waals surface area contributed by atoms with Gasteiger partial charge in [0.1, 0.15) is 0 Å². The van der Waals surface area contributed by atoms with E-state index < -0.39 is 14.8 Å². The number of benzene rings is 1. The molecular formula is C21H38N2O2S. The molecule has 0 aliphatic rings. The Bertz CT molecular complexity index is 589. The fourth-order valence-electron chi connectivity index (χ4n) is 2.61. The van der Waals surface area contributed by atoms with E-state index in [0.717, 1.165) is 32.2 Å². The van der Waals surface area contributed by atoms with E-state index in [-0.39, 0.29) is 0 Å². The maximum Gasteiger partial charge on any atom is 0.216 e. The molecule has 1 rings (SSSR count). The van der Waals surface area contributed by atoms with Crippen LogP contribution in [0.25, 0.3) is 0 Å². The molecule has 0 radical (unpaired) electrons. The first kappa shape index (κ1) is 23.0. The molecule has 0 heterocycles. The van der Waals surface area contributed by atoms with Gasteiger partial charge in [0, 0.05) is 18.8 Å². The van der Waals surface area contributed by atoms with Gasteiger partial charge in [-0.05, 0) is 64.2 Å². The molecule has 0 aliphatic heterocycles. The van der Waals surface area contributed by atoms with Gasteiger partial charge in [-0.15, -0.1) is 0 Å². The van der Waals surface area contributed by atoms with Gasteiger partial charge in [-0.25, -0.2) is 13.1 Å². The van der Waals surface area contributed by atoms with Crippen LogP contribution in [-0.2, 0) is 16.4 Å². The normalized spacial score (nSPS) is 12.3. The van der Waals surface area contributed by atoms with Crippen LogP contribution in [0.4, 0.5) is 5.69 Å². The lowest BCUT2D eigenvalue weighted by molar-refractivity contribution is 0.538. The van der Waals surface area contributed by atoms with Crippen LogP contribution in [0.15, 0.2) is 24.3 Å². The molecule has 0 amide bonds. The first-order valence-corrected chi connectivity index (χ1v) is 11.6. The Morgan fingerprint density at radius 3 is 2.00 bits per heavy atom. The zero-order chi connectivity index (χ0) is 19.5. The molecule has 0 fully saturated rings. The summed E-state index contributed by atoms with van der Waals surface area (Å²) in [4.78, 5) is 0. The molecule has 0 unspecified atom stereocenters. The van der Waals surface area contributed by atoms with Crippen molar-refractivity contribution in [2.24, 2.45) is 0 Å². The number of aryl methyl sites for hydroxylation is 1. The molecule has 26 heavy (non-hydrogen) atoms. The quantitative estimate of drug-likeness (QED) is 0.466. The summed E-state index contributed by atoms with van der Waals surface area (Å²) >= 11 is 0. The molecule has 5 heteroatoms. The van der Waals surface area contributed by atoms with Crippen LogP contribution in [0.2, 0.25) is 0 Å². The first-order valence-electron chi connectivity index (χ1n) is 10.1. The molecule has 2 N–H and O–H groups in total. The van der Waals surface area contributed by atoms with E-state index in [1.54, 1.807) is 20.8 Å². The minimum Gasteiger partial charge on any atom is -0.385 e. The number of unbranched alkanes of at least 4 members (excludes halogenated alkanes) is 5. The van der Waals surface area contributed by atoms with Crippen molar-refractivity contribution in [3.05, 3.63) is 29.8 Å². The predicted molar refractivity (Wildman–Crippen MR) is 113 cm³/mol. The van der Waals surface area contributed by atoms with Crippen LogP contribution in [0.5, 0.6) is 0 Å². The number of nitrogens with one attached hydrogen (secondary N) is 2. The highest BCUT2D eigenvalue weighted by Crippen LogP contribution is 2.14. The predicted octanol–water partition coefficient (Wildman–Crippen LogP) is 5.11. The lowest BCUT2D eigenvalue weighted by Crippen LogP contribution is -2.39. The Kier molecular flexibility index (Phi) is 10.3. The van der Waals surface area contributed by atoms with Crippen LogP contribution in [0.3, 0.4) is 0 Å². The summed E-state index contributed by atoms with van der Waals surface area (Å²) in [6, 6.07) is 8.78. The molecular weight excluding hydrogens is 344 g/mol. The molecule has 0 atom stereocenters. The van der Waals surface area contributed by atoms with E-state index in [4.69, 9.17) is 0 Å². The number of hydrogen-bond acceptors (Lipinski definition) is 3. The Morgan fingerprint density at radius 1 is 0.846 bits per heavy atom. The molecule has 150 valence electrons. The zero-order valence-corrected chi connectivity index (χ0v) is 17.9. The molecule has 4 nitrogen and oxygen atoms in total. The SMILES string of the molecule is CCCCc1ccc(NCCCCCCCNS(=O)(=O)C(C)(C)C)cc1. The van der Waals surface area contributed by atoms with Gasteiger partial charge in [-0.1, -0.05) is 44.7 Å². The maximum atomic E-state index is 11.9. The summed E-state index contributed by atoms with van der Waals surface area (Å²) in [5, 5.41) is 3.47. The molecule has 1 aromatic rings. The third kappa shape index (κ3) is 9.04. The smallest absolute Gasteiger partial charge is 0.216 e. The average Bonchev–Trinajstić information content (AvgIpc) is 2.58. The molecule has 0 bridgehead atoms. The van der Waals surface area contributed by atoms with Crippen LogP contribution in [-0.4, -0.2) is 26.3 Å². The Hall–Kier alpha value is -1.07. The number of rotatable bonds is 13. The molecule has 0 saturated carbocycles. The van der Waals surface area contributed by atoms with Gasteiger partial charge in [-0.3, -0.25) is 0 Å². The fraction of sp³-hybridized carbons (Fsp3) is 0.714. The van der Waals surface area contributed by atoms with Crippen LogP contribution < -0.4 is 10.0 Å². The van der Waals surface area contributed by atoms with Gasteiger partial charge < -0.3 is 5.32 Å². The Balaban J connectivity index is 2.04. The summed E-state index contributed by atoms with van der Waals surface area (Å²) in [6.07, 6.45) is 9.10. The summed E-state index contributed by atoms with van der Waals surface area (Å²) in [7, 11) is -3.20. The number of sulfonamides is 1. The van der Waals surface area contributed by atoms with Crippen molar-refractivity contribution in [3.63, 3.8) is 0 Å². The van der Waals surface area contributed by atoms with Gasteiger partial charge in [0.25, 0.3) is 0 Å². The number of anilines is 1.